The van der Waals surface area contributed by atoms with Crippen LogP contribution in [0.2, 0.25) is 0 Å². The van der Waals surface area contributed by atoms with Gasteiger partial charge in [-0.3, -0.25) is 4.57 Å². The fraction of sp³-hybridized carbons (Fsp3) is 0. The van der Waals surface area contributed by atoms with Crippen molar-refractivity contribution in [1.82, 2.24) is 24.1 Å². The molecule has 238 valence electrons. The van der Waals surface area contributed by atoms with E-state index < -0.39 is 0 Å². The zero-order valence-corrected chi connectivity index (χ0v) is 27.3. The molecule has 0 atom stereocenters. The van der Waals surface area contributed by atoms with E-state index in [0.29, 0.717) is 17.6 Å². The molecule has 4 heterocycles. The highest BCUT2D eigenvalue weighted by atomic mass is 15.2. The summed E-state index contributed by atoms with van der Waals surface area (Å²) in [6.07, 6.45) is 0. The summed E-state index contributed by atoms with van der Waals surface area (Å²) in [4.78, 5) is 17.9. The van der Waals surface area contributed by atoms with E-state index in [-0.39, 0.29) is 0 Å². The SMILES string of the molecule is c1ccc(-c2nc(-c3ccccc3)nc(-n3c4ccccc4c4ccc5c6cccc7c6n(c5c43)-c3ccccc3N7c3ccccc3)n2)cc1. The fourth-order valence-electron chi connectivity index (χ4n) is 7.93. The van der Waals surface area contributed by atoms with Gasteiger partial charge in [-0.05, 0) is 36.4 Å². The molecule has 0 amide bonds. The van der Waals surface area contributed by atoms with Crippen molar-refractivity contribution < 1.29 is 0 Å². The van der Waals surface area contributed by atoms with Crippen molar-refractivity contribution in [2.75, 3.05) is 4.90 Å². The average molecular weight is 653 g/mol. The standard InChI is InChI=1S/C45H28N6/c1-4-15-29(16-5-1)43-46-44(30-17-6-2-7-18-30)48-45(47-43)51-36-23-11-10-21-32(36)34-27-28-35-33-22-14-26-39-40(33)50(41(35)42(34)51)38-25-13-12-24-37(38)49(39)31-19-8-3-9-20-31/h1-28H. The molecule has 51 heavy (non-hydrogen) atoms. The van der Waals surface area contributed by atoms with E-state index in [2.05, 4.69) is 147 Å². The van der Waals surface area contributed by atoms with Gasteiger partial charge in [0.2, 0.25) is 5.95 Å². The van der Waals surface area contributed by atoms with Crippen LogP contribution in [0.5, 0.6) is 0 Å². The first-order chi connectivity index (χ1) is 25.3. The number of rotatable bonds is 4. The van der Waals surface area contributed by atoms with Crippen LogP contribution in [-0.2, 0) is 0 Å². The number of hydrogen-bond donors (Lipinski definition) is 0. The molecule has 1 aliphatic rings. The summed E-state index contributed by atoms with van der Waals surface area (Å²) in [7, 11) is 0. The molecule has 0 aliphatic carbocycles. The highest BCUT2D eigenvalue weighted by Gasteiger charge is 2.30. The van der Waals surface area contributed by atoms with Crippen LogP contribution in [0.1, 0.15) is 0 Å². The van der Waals surface area contributed by atoms with Crippen LogP contribution in [-0.4, -0.2) is 24.1 Å². The van der Waals surface area contributed by atoms with Gasteiger partial charge in [0.15, 0.2) is 11.6 Å². The molecule has 11 rings (SSSR count). The Labute approximate surface area is 293 Å². The molecule has 6 heteroatoms. The Bertz CT molecular complexity index is 2910. The summed E-state index contributed by atoms with van der Waals surface area (Å²) in [6.45, 7) is 0. The lowest BCUT2D eigenvalue weighted by Crippen LogP contribution is -2.18. The Kier molecular flexibility index (Phi) is 5.86. The molecule has 0 spiro atoms. The predicted molar refractivity (Wildman–Crippen MR) is 208 cm³/mol. The summed E-state index contributed by atoms with van der Waals surface area (Å²) < 4.78 is 4.71. The molecule has 1 aliphatic heterocycles. The van der Waals surface area contributed by atoms with E-state index in [1.54, 1.807) is 0 Å². The quantitative estimate of drug-likeness (QED) is 0.190. The van der Waals surface area contributed by atoms with Crippen molar-refractivity contribution in [2.45, 2.75) is 0 Å². The maximum Gasteiger partial charge on any atom is 0.238 e. The largest absolute Gasteiger partial charge is 0.306 e. The second-order valence-corrected chi connectivity index (χ2v) is 12.9. The second-order valence-electron chi connectivity index (χ2n) is 12.9. The van der Waals surface area contributed by atoms with Crippen molar-refractivity contribution in [2.24, 2.45) is 0 Å². The molecule has 0 fully saturated rings. The molecular formula is C45H28N6. The minimum absolute atomic E-state index is 0.578. The molecule has 6 nitrogen and oxygen atoms in total. The molecule has 0 saturated carbocycles. The van der Waals surface area contributed by atoms with Crippen molar-refractivity contribution >= 4 is 60.7 Å². The van der Waals surface area contributed by atoms with Gasteiger partial charge >= 0.3 is 0 Å². The molecule has 3 aromatic heterocycles. The number of para-hydroxylation sites is 5. The van der Waals surface area contributed by atoms with Crippen LogP contribution in [0.4, 0.5) is 17.1 Å². The van der Waals surface area contributed by atoms with E-state index in [0.717, 1.165) is 61.2 Å². The lowest BCUT2D eigenvalue weighted by atomic mass is 10.1. The zero-order chi connectivity index (χ0) is 33.5. The lowest BCUT2D eigenvalue weighted by molar-refractivity contribution is 0.953. The highest BCUT2D eigenvalue weighted by molar-refractivity contribution is 6.26. The van der Waals surface area contributed by atoms with Gasteiger partial charge < -0.3 is 9.47 Å². The molecule has 0 unspecified atom stereocenters. The summed E-state index contributed by atoms with van der Waals surface area (Å²) in [5.41, 5.74) is 10.8. The minimum Gasteiger partial charge on any atom is -0.306 e. The number of aromatic nitrogens is 5. The van der Waals surface area contributed by atoms with Gasteiger partial charge in [-0.15, -0.1) is 0 Å². The molecule has 0 N–H and O–H groups in total. The van der Waals surface area contributed by atoms with Crippen LogP contribution in [0.3, 0.4) is 0 Å². The number of anilines is 3. The van der Waals surface area contributed by atoms with E-state index in [1.165, 1.54) is 16.3 Å². The lowest BCUT2D eigenvalue weighted by Gasteiger charge is -2.33. The Hall–Kier alpha value is -7.05. The Balaban J connectivity index is 1.31. The third kappa shape index (κ3) is 4.01. The predicted octanol–water partition coefficient (Wildman–Crippen LogP) is 11.2. The zero-order valence-electron chi connectivity index (χ0n) is 27.3. The fourth-order valence-corrected chi connectivity index (χ4v) is 7.93. The van der Waals surface area contributed by atoms with Crippen LogP contribution in [0.25, 0.3) is 78.0 Å². The summed E-state index contributed by atoms with van der Waals surface area (Å²) >= 11 is 0. The van der Waals surface area contributed by atoms with Gasteiger partial charge in [0.05, 0.1) is 39.1 Å². The first-order valence-corrected chi connectivity index (χ1v) is 17.1. The molecular weight excluding hydrogens is 625 g/mol. The van der Waals surface area contributed by atoms with Gasteiger partial charge in [0, 0.05) is 38.4 Å². The Morgan fingerprint density at radius 2 is 0.843 bits per heavy atom. The number of hydrogen-bond acceptors (Lipinski definition) is 4. The van der Waals surface area contributed by atoms with Crippen LogP contribution >= 0.6 is 0 Å². The third-order valence-corrected chi connectivity index (χ3v) is 10.1. The second kappa shape index (κ2) is 10.7. The number of benzene rings is 7. The van der Waals surface area contributed by atoms with Gasteiger partial charge in [-0.1, -0.05) is 133 Å². The summed E-state index contributed by atoms with van der Waals surface area (Å²) in [5, 5.41) is 4.66. The Morgan fingerprint density at radius 3 is 1.55 bits per heavy atom. The third-order valence-electron chi connectivity index (χ3n) is 10.1. The van der Waals surface area contributed by atoms with Gasteiger partial charge in [-0.2, -0.15) is 9.97 Å². The normalized spacial score (nSPS) is 12.3. The summed E-state index contributed by atoms with van der Waals surface area (Å²) in [6, 6.07) is 59.5. The number of nitrogens with zero attached hydrogens (tertiary/aromatic N) is 6. The van der Waals surface area contributed by atoms with Crippen LogP contribution < -0.4 is 4.90 Å². The smallest absolute Gasteiger partial charge is 0.238 e. The minimum atomic E-state index is 0.578. The average Bonchev–Trinajstić information content (AvgIpc) is 3.73. The topological polar surface area (TPSA) is 51.8 Å². The molecule has 0 saturated heterocycles. The van der Waals surface area contributed by atoms with E-state index in [4.69, 9.17) is 15.0 Å². The van der Waals surface area contributed by atoms with E-state index in [9.17, 15) is 0 Å². The monoisotopic (exact) mass is 652 g/mol. The molecule has 0 radical (unpaired) electrons. The van der Waals surface area contributed by atoms with E-state index >= 15 is 0 Å². The first kappa shape index (κ1) is 27.9. The molecule has 0 bridgehead atoms. The van der Waals surface area contributed by atoms with Gasteiger partial charge in [-0.25, -0.2) is 4.98 Å². The van der Waals surface area contributed by atoms with Crippen molar-refractivity contribution in [3.05, 3.63) is 170 Å². The Morgan fingerprint density at radius 1 is 0.333 bits per heavy atom. The number of fused-ring (bicyclic) bond motifs is 9. The van der Waals surface area contributed by atoms with Crippen LogP contribution in [0.15, 0.2) is 170 Å². The van der Waals surface area contributed by atoms with Crippen molar-refractivity contribution in [3.63, 3.8) is 0 Å². The first-order valence-electron chi connectivity index (χ1n) is 17.1. The molecule has 7 aromatic carbocycles. The highest BCUT2D eigenvalue weighted by Crippen LogP contribution is 2.51. The maximum atomic E-state index is 5.24. The van der Waals surface area contributed by atoms with Gasteiger partial charge in [0.25, 0.3) is 0 Å². The van der Waals surface area contributed by atoms with E-state index in [1.807, 2.05) is 36.4 Å². The maximum absolute atomic E-state index is 5.24. The summed E-state index contributed by atoms with van der Waals surface area (Å²) in [5.74, 6) is 1.84. The molecule has 10 aromatic rings. The van der Waals surface area contributed by atoms with Gasteiger partial charge in [0.1, 0.15) is 0 Å². The van der Waals surface area contributed by atoms with Crippen LogP contribution in [0, 0.1) is 0 Å². The van der Waals surface area contributed by atoms with Crippen molar-refractivity contribution in [3.8, 4) is 34.4 Å². The van der Waals surface area contributed by atoms with Crippen molar-refractivity contribution in [1.29, 1.82) is 0 Å².